The molecule has 1 rings (SSSR count). The van der Waals surface area contributed by atoms with Gasteiger partial charge in [-0.1, -0.05) is 0 Å². The van der Waals surface area contributed by atoms with Crippen molar-refractivity contribution in [2.75, 3.05) is 31.3 Å². The number of methoxy groups -OCH3 is 1. The zero-order valence-electron chi connectivity index (χ0n) is 10.1. The molecule has 1 aromatic heterocycles. The third-order valence-corrected chi connectivity index (χ3v) is 2.37. The number of nitrogens with zero attached hydrogens (tertiary/aromatic N) is 1. The third kappa shape index (κ3) is 4.49. The Morgan fingerprint density at radius 1 is 1.38 bits per heavy atom. The van der Waals surface area contributed by atoms with E-state index >= 15 is 0 Å². The highest BCUT2D eigenvalue weighted by Crippen LogP contribution is 2.15. The number of pyridine rings is 1. The number of nitrogens with one attached hydrogen (secondary N) is 1. The Hall–Kier alpha value is -1.29. The van der Waals surface area contributed by atoms with Crippen LogP contribution >= 0.6 is 0 Å². The number of rotatable bonds is 7. The van der Waals surface area contributed by atoms with E-state index in [1.807, 2.05) is 19.2 Å². The van der Waals surface area contributed by atoms with Crippen molar-refractivity contribution in [3.63, 3.8) is 0 Å². The summed E-state index contributed by atoms with van der Waals surface area (Å²) in [5.41, 5.74) is 7.64. The average Bonchev–Trinajstić information content (AvgIpc) is 2.26. The van der Waals surface area contributed by atoms with Crippen LogP contribution in [0.5, 0.6) is 0 Å². The predicted octanol–water partition coefficient (Wildman–Crippen LogP) is 2.20. The molecule has 0 fully saturated rings. The van der Waals surface area contributed by atoms with E-state index in [0.717, 1.165) is 49.5 Å². The Labute approximate surface area is 97.2 Å². The minimum absolute atomic E-state index is 0.719. The van der Waals surface area contributed by atoms with Gasteiger partial charge in [0.1, 0.15) is 5.82 Å². The van der Waals surface area contributed by atoms with Crippen LogP contribution in [0.1, 0.15) is 24.8 Å². The number of aromatic nitrogens is 1. The fourth-order valence-electron chi connectivity index (χ4n) is 1.49. The summed E-state index contributed by atoms with van der Waals surface area (Å²) in [5, 5.41) is 3.24. The molecule has 3 N–H and O–H groups in total. The second kappa shape index (κ2) is 7.06. The first-order valence-electron chi connectivity index (χ1n) is 5.69. The average molecular weight is 223 g/mol. The number of ether oxygens (including phenoxy) is 1. The van der Waals surface area contributed by atoms with Gasteiger partial charge < -0.3 is 15.8 Å². The topological polar surface area (TPSA) is 60.2 Å². The highest BCUT2D eigenvalue weighted by molar-refractivity contribution is 5.61. The zero-order valence-corrected chi connectivity index (χ0v) is 10.1. The van der Waals surface area contributed by atoms with Gasteiger partial charge in [0.05, 0.1) is 5.69 Å². The van der Waals surface area contributed by atoms with Crippen molar-refractivity contribution in [2.24, 2.45) is 0 Å². The molecule has 4 heteroatoms. The molecule has 0 saturated heterocycles. The van der Waals surface area contributed by atoms with Gasteiger partial charge in [-0.15, -0.1) is 0 Å². The van der Waals surface area contributed by atoms with E-state index in [1.54, 1.807) is 7.11 Å². The Kier molecular flexibility index (Phi) is 5.64. The van der Waals surface area contributed by atoms with Gasteiger partial charge in [0.15, 0.2) is 0 Å². The number of hydrogen-bond acceptors (Lipinski definition) is 4. The molecule has 0 bridgehead atoms. The lowest BCUT2D eigenvalue weighted by Crippen LogP contribution is -2.06. The molecule has 0 saturated carbocycles. The monoisotopic (exact) mass is 223 g/mol. The summed E-state index contributed by atoms with van der Waals surface area (Å²) < 4.78 is 4.99. The van der Waals surface area contributed by atoms with E-state index < -0.39 is 0 Å². The molecule has 0 aliphatic heterocycles. The standard InChI is InChI=1S/C12H21N3O/c1-10-8-11(13)12(15-9-10)14-6-4-3-5-7-16-2/h8-9H,3-7,13H2,1-2H3,(H,14,15). The van der Waals surface area contributed by atoms with Gasteiger partial charge in [-0.05, 0) is 37.8 Å². The van der Waals surface area contributed by atoms with Crippen LogP contribution in [-0.2, 0) is 4.74 Å². The van der Waals surface area contributed by atoms with Gasteiger partial charge in [-0.25, -0.2) is 4.98 Å². The first-order valence-corrected chi connectivity index (χ1v) is 5.69. The van der Waals surface area contributed by atoms with E-state index in [-0.39, 0.29) is 0 Å². The van der Waals surface area contributed by atoms with Gasteiger partial charge in [-0.3, -0.25) is 0 Å². The van der Waals surface area contributed by atoms with E-state index in [0.29, 0.717) is 0 Å². The van der Waals surface area contributed by atoms with Crippen LogP contribution in [0.2, 0.25) is 0 Å². The summed E-state index contributed by atoms with van der Waals surface area (Å²) in [4.78, 5) is 4.25. The molecule has 1 aromatic rings. The van der Waals surface area contributed by atoms with Crippen LogP contribution in [0.15, 0.2) is 12.3 Å². The smallest absolute Gasteiger partial charge is 0.149 e. The molecule has 0 aromatic carbocycles. The summed E-state index contributed by atoms with van der Waals surface area (Å²) in [5.74, 6) is 0.789. The molecule has 4 nitrogen and oxygen atoms in total. The highest BCUT2D eigenvalue weighted by Gasteiger charge is 1.99. The normalized spacial score (nSPS) is 10.4. The molecule has 0 aliphatic carbocycles. The van der Waals surface area contributed by atoms with E-state index in [1.165, 1.54) is 0 Å². The summed E-state index contributed by atoms with van der Waals surface area (Å²) in [6, 6.07) is 1.93. The lowest BCUT2D eigenvalue weighted by molar-refractivity contribution is 0.192. The van der Waals surface area contributed by atoms with Crippen LogP contribution in [0, 0.1) is 6.92 Å². The number of unbranched alkanes of at least 4 members (excludes halogenated alkanes) is 2. The number of aryl methyl sites for hydroxylation is 1. The summed E-state index contributed by atoms with van der Waals surface area (Å²) in [6.07, 6.45) is 5.20. The molecule has 0 radical (unpaired) electrons. The number of hydrogen-bond donors (Lipinski definition) is 2. The van der Waals surface area contributed by atoms with Gasteiger partial charge in [0.25, 0.3) is 0 Å². The highest BCUT2D eigenvalue weighted by atomic mass is 16.5. The molecule has 0 aliphatic rings. The molecule has 0 spiro atoms. The maximum absolute atomic E-state index is 5.84. The first kappa shape index (κ1) is 12.8. The van der Waals surface area contributed by atoms with Crippen molar-refractivity contribution in [3.8, 4) is 0 Å². The van der Waals surface area contributed by atoms with Crippen LogP contribution in [-0.4, -0.2) is 25.2 Å². The molecular formula is C12H21N3O. The van der Waals surface area contributed by atoms with Gasteiger partial charge >= 0.3 is 0 Å². The summed E-state index contributed by atoms with van der Waals surface area (Å²) in [7, 11) is 1.73. The molecule has 0 amide bonds. The largest absolute Gasteiger partial charge is 0.396 e. The molecule has 0 unspecified atom stereocenters. The summed E-state index contributed by atoms with van der Waals surface area (Å²) in [6.45, 7) is 3.73. The molecule has 90 valence electrons. The van der Waals surface area contributed by atoms with Crippen molar-refractivity contribution in [1.82, 2.24) is 4.98 Å². The van der Waals surface area contributed by atoms with Crippen LogP contribution in [0.3, 0.4) is 0 Å². The fourth-order valence-corrected chi connectivity index (χ4v) is 1.49. The fraction of sp³-hybridized carbons (Fsp3) is 0.583. The van der Waals surface area contributed by atoms with E-state index in [4.69, 9.17) is 10.5 Å². The van der Waals surface area contributed by atoms with Crippen molar-refractivity contribution < 1.29 is 4.74 Å². The second-order valence-electron chi connectivity index (χ2n) is 3.93. The number of anilines is 2. The quantitative estimate of drug-likeness (QED) is 0.696. The maximum atomic E-state index is 5.84. The molecule has 16 heavy (non-hydrogen) atoms. The number of nitrogens with two attached hydrogens (primary N) is 1. The first-order chi connectivity index (χ1) is 7.74. The maximum Gasteiger partial charge on any atom is 0.149 e. The van der Waals surface area contributed by atoms with Crippen molar-refractivity contribution in [2.45, 2.75) is 26.2 Å². The van der Waals surface area contributed by atoms with E-state index in [2.05, 4.69) is 10.3 Å². The minimum Gasteiger partial charge on any atom is -0.396 e. The Morgan fingerprint density at radius 2 is 2.19 bits per heavy atom. The van der Waals surface area contributed by atoms with Gasteiger partial charge in [-0.2, -0.15) is 0 Å². The van der Waals surface area contributed by atoms with Crippen LogP contribution in [0.25, 0.3) is 0 Å². The van der Waals surface area contributed by atoms with Crippen LogP contribution < -0.4 is 11.1 Å². The Bertz CT molecular complexity index is 315. The third-order valence-electron chi connectivity index (χ3n) is 2.37. The van der Waals surface area contributed by atoms with Crippen LogP contribution in [0.4, 0.5) is 11.5 Å². The number of nitrogen functional groups attached to an aromatic ring is 1. The van der Waals surface area contributed by atoms with Crippen molar-refractivity contribution in [1.29, 1.82) is 0 Å². The SMILES string of the molecule is COCCCCCNc1ncc(C)cc1N. The molecule has 1 heterocycles. The molecular weight excluding hydrogens is 202 g/mol. The lowest BCUT2D eigenvalue weighted by Gasteiger charge is -2.08. The van der Waals surface area contributed by atoms with Crippen molar-refractivity contribution in [3.05, 3.63) is 17.8 Å². The van der Waals surface area contributed by atoms with Gasteiger partial charge in [0.2, 0.25) is 0 Å². The second-order valence-corrected chi connectivity index (χ2v) is 3.93. The van der Waals surface area contributed by atoms with E-state index in [9.17, 15) is 0 Å². The Balaban J connectivity index is 2.21. The summed E-state index contributed by atoms with van der Waals surface area (Å²) >= 11 is 0. The minimum atomic E-state index is 0.719. The predicted molar refractivity (Wildman–Crippen MR) is 67.6 cm³/mol. The van der Waals surface area contributed by atoms with Crippen molar-refractivity contribution >= 4 is 11.5 Å². The molecule has 0 atom stereocenters. The zero-order chi connectivity index (χ0) is 11.8. The lowest BCUT2D eigenvalue weighted by atomic mass is 10.2. The Morgan fingerprint density at radius 3 is 2.88 bits per heavy atom. The van der Waals surface area contributed by atoms with Gasteiger partial charge in [0, 0.05) is 26.5 Å².